The molecule has 46 heavy (non-hydrogen) atoms. The van der Waals surface area contributed by atoms with E-state index in [-0.39, 0.29) is 48.9 Å². The molecule has 0 saturated heterocycles. The Bertz CT molecular complexity index is 1430. The van der Waals surface area contributed by atoms with Gasteiger partial charge in [-0.1, -0.05) is 0 Å². The summed E-state index contributed by atoms with van der Waals surface area (Å²) in [6, 6.07) is 6.35. The summed E-state index contributed by atoms with van der Waals surface area (Å²) in [5, 5.41) is 28.8. The van der Waals surface area contributed by atoms with E-state index in [0.717, 1.165) is 11.1 Å². The third-order valence-electron chi connectivity index (χ3n) is 6.71. The molecule has 2 aromatic carbocycles. The van der Waals surface area contributed by atoms with E-state index < -0.39 is 44.6 Å². The van der Waals surface area contributed by atoms with Crippen LogP contribution in [0.1, 0.15) is 54.2 Å². The van der Waals surface area contributed by atoms with Crippen molar-refractivity contribution >= 4 is 49.3 Å². The number of aliphatic carboxylic acids is 1. The molecule has 0 spiro atoms. The first-order valence-electron chi connectivity index (χ1n) is 13.7. The van der Waals surface area contributed by atoms with Crippen LogP contribution in [0.3, 0.4) is 0 Å². The maximum Gasteiger partial charge on any atom is 1.00 e. The summed E-state index contributed by atoms with van der Waals surface area (Å²) < 4.78 is 26.0. The second-order valence-corrected chi connectivity index (χ2v) is 10.6. The molecular weight excluding hydrogens is 601 g/mol. The van der Waals surface area contributed by atoms with Crippen LogP contribution in [0.4, 0.5) is 9.59 Å². The van der Waals surface area contributed by atoms with Gasteiger partial charge >= 0.3 is 57.2 Å². The standard InChI is InChI=1S/C15H20BNO6.C13H16BNO6.Li.H2O/c1-5-21-13(18)8-12-14-9(2)6-10(22-15(19)17(3)4)7-11(14)16(20)23-12;1-7-4-8(20-13(18)15(2)3)5-9-12(7)10(6-11(16)17)21-14(9)19;;/h6-7,12,20H,5,8H2,1-4H3;4-5,10,19H,6H2,1-3H3,(H,16,17);;1H2/q;;+1;/p-1. The number of carboxylic acid groups (broad SMARTS) is 1. The molecule has 0 bridgehead atoms. The molecule has 2 aliphatic heterocycles. The molecule has 0 aliphatic carbocycles. The van der Waals surface area contributed by atoms with Crippen molar-refractivity contribution in [2.45, 2.75) is 45.8 Å². The molecule has 2 atom stereocenters. The second-order valence-electron chi connectivity index (χ2n) is 10.6. The second kappa shape index (κ2) is 17.4. The molecule has 0 saturated carbocycles. The smallest absolute Gasteiger partial charge is 0.870 e. The molecular formula is C28H37B2LiN2O13. The van der Waals surface area contributed by atoms with Crippen LogP contribution in [0, 0.1) is 13.8 Å². The van der Waals surface area contributed by atoms with Gasteiger partial charge in [0.05, 0.1) is 31.7 Å². The van der Waals surface area contributed by atoms with E-state index in [9.17, 15) is 29.2 Å². The van der Waals surface area contributed by atoms with Crippen LogP contribution in [0.25, 0.3) is 0 Å². The fourth-order valence-corrected chi connectivity index (χ4v) is 4.80. The number of aryl methyl sites for hydroxylation is 2. The Labute approximate surface area is 279 Å². The van der Waals surface area contributed by atoms with E-state index in [0.29, 0.717) is 34.4 Å². The van der Waals surface area contributed by atoms with Gasteiger partial charge in [0.25, 0.3) is 0 Å². The van der Waals surface area contributed by atoms with Crippen molar-refractivity contribution in [2.75, 3.05) is 34.8 Å². The number of fused-ring (bicyclic) bond motifs is 2. The predicted molar refractivity (Wildman–Crippen MR) is 160 cm³/mol. The van der Waals surface area contributed by atoms with E-state index in [1.807, 2.05) is 6.92 Å². The zero-order valence-electron chi connectivity index (χ0n) is 27.1. The Morgan fingerprint density at radius 2 is 1.17 bits per heavy atom. The molecule has 4 rings (SSSR count). The minimum absolute atomic E-state index is 0. The predicted octanol–water partition coefficient (Wildman–Crippen LogP) is -2.12. The topological polar surface area (TPSA) is 212 Å². The molecule has 0 fully saturated rings. The molecule has 2 amide bonds. The van der Waals surface area contributed by atoms with Crippen molar-refractivity contribution in [1.82, 2.24) is 9.80 Å². The van der Waals surface area contributed by atoms with E-state index in [2.05, 4.69) is 0 Å². The van der Waals surface area contributed by atoms with Crippen molar-refractivity contribution in [3.8, 4) is 11.5 Å². The fraction of sp³-hybridized carbons (Fsp3) is 0.429. The van der Waals surface area contributed by atoms with Crippen molar-refractivity contribution in [2.24, 2.45) is 0 Å². The minimum Gasteiger partial charge on any atom is -0.870 e. The van der Waals surface area contributed by atoms with Crippen LogP contribution in [0.2, 0.25) is 0 Å². The SMILES string of the molecule is CCOC(=O)CC1OB(O)c2cc(OC(=O)N(C)C)cc(C)c21.Cc1cc(OC(=O)N(C)C)cc2c1C(CC(=O)O)OB2O.[Li+].[OH-]. The van der Waals surface area contributed by atoms with Gasteiger partial charge in [0.15, 0.2) is 0 Å². The number of rotatable bonds is 7. The number of amides is 2. The molecule has 0 radical (unpaired) electrons. The number of nitrogens with zero attached hydrogens (tertiary/aromatic N) is 2. The fourth-order valence-electron chi connectivity index (χ4n) is 4.80. The van der Waals surface area contributed by atoms with Gasteiger partial charge in [-0.15, -0.1) is 0 Å². The third-order valence-corrected chi connectivity index (χ3v) is 6.71. The summed E-state index contributed by atoms with van der Waals surface area (Å²) in [6.07, 6.45) is -2.54. The maximum atomic E-state index is 11.7. The normalized spacial score (nSPS) is 15.6. The van der Waals surface area contributed by atoms with Crippen LogP contribution < -0.4 is 39.3 Å². The minimum atomic E-state index is -1.22. The molecule has 4 N–H and O–H groups in total. The third kappa shape index (κ3) is 9.97. The molecule has 18 heteroatoms. The molecule has 0 aromatic heterocycles. The molecule has 2 unspecified atom stereocenters. The Balaban J connectivity index is 0.000000442. The van der Waals surface area contributed by atoms with Gasteiger partial charge in [-0.05, 0) is 78.2 Å². The van der Waals surface area contributed by atoms with E-state index >= 15 is 0 Å². The number of hydrogen-bond acceptors (Lipinski definition) is 12. The largest absolute Gasteiger partial charge is 1.00 e. The average molecular weight is 638 g/mol. The van der Waals surface area contributed by atoms with Gasteiger partial charge in [0.2, 0.25) is 0 Å². The number of carbonyl (C=O) groups is 4. The number of esters is 1. The maximum absolute atomic E-state index is 11.7. The van der Waals surface area contributed by atoms with Crippen LogP contribution in [-0.2, 0) is 23.6 Å². The summed E-state index contributed by atoms with van der Waals surface area (Å²) >= 11 is 0. The summed E-state index contributed by atoms with van der Waals surface area (Å²) in [4.78, 5) is 48.3. The molecule has 244 valence electrons. The van der Waals surface area contributed by atoms with Gasteiger partial charge in [-0.2, -0.15) is 0 Å². The van der Waals surface area contributed by atoms with Gasteiger partial charge in [-0.3, -0.25) is 9.59 Å². The van der Waals surface area contributed by atoms with Gasteiger partial charge < -0.3 is 53.9 Å². The van der Waals surface area contributed by atoms with Crippen molar-refractivity contribution in [1.29, 1.82) is 0 Å². The first-order chi connectivity index (χ1) is 20.6. The Kier molecular flexibility index (Phi) is 15.3. The van der Waals surface area contributed by atoms with Crippen molar-refractivity contribution in [3.63, 3.8) is 0 Å². The number of benzene rings is 2. The Hall–Kier alpha value is -3.55. The van der Waals surface area contributed by atoms with Gasteiger partial charge in [-0.25, -0.2) is 9.59 Å². The van der Waals surface area contributed by atoms with Crippen molar-refractivity contribution in [3.05, 3.63) is 46.5 Å². The van der Waals surface area contributed by atoms with Crippen LogP contribution >= 0.6 is 0 Å². The van der Waals surface area contributed by atoms with Crippen molar-refractivity contribution < 1.29 is 82.2 Å². The zero-order valence-corrected chi connectivity index (χ0v) is 27.1. The average Bonchev–Trinajstić information content (AvgIpc) is 3.39. The summed E-state index contributed by atoms with van der Waals surface area (Å²) in [5.41, 5.74) is 3.78. The monoisotopic (exact) mass is 638 g/mol. The van der Waals surface area contributed by atoms with Crippen LogP contribution in [-0.4, -0.2) is 104 Å². The molecule has 2 aliphatic rings. The van der Waals surface area contributed by atoms with Crippen LogP contribution in [0.15, 0.2) is 24.3 Å². The van der Waals surface area contributed by atoms with Crippen LogP contribution in [0.5, 0.6) is 11.5 Å². The number of carboxylic acids is 1. The number of hydrogen-bond donors (Lipinski definition) is 3. The quantitative estimate of drug-likeness (QED) is 0.219. The number of ether oxygens (including phenoxy) is 3. The number of carbonyl (C=O) groups excluding carboxylic acids is 3. The summed E-state index contributed by atoms with van der Waals surface area (Å²) in [7, 11) is 3.89. The van der Waals surface area contributed by atoms with E-state index in [1.54, 1.807) is 60.2 Å². The zero-order chi connectivity index (χ0) is 32.9. The van der Waals surface area contributed by atoms with E-state index in [4.69, 9.17) is 28.6 Å². The molecule has 15 nitrogen and oxygen atoms in total. The van der Waals surface area contributed by atoms with Gasteiger partial charge in [0, 0.05) is 28.2 Å². The summed E-state index contributed by atoms with van der Waals surface area (Å²) in [5.74, 6) is -0.800. The first-order valence-corrected chi connectivity index (χ1v) is 13.7. The summed E-state index contributed by atoms with van der Waals surface area (Å²) in [6.45, 7) is 5.58. The van der Waals surface area contributed by atoms with Gasteiger partial charge in [0.1, 0.15) is 11.5 Å². The Morgan fingerprint density at radius 3 is 1.52 bits per heavy atom. The first kappa shape index (κ1) is 40.5. The Morgan fingerprint density at radius 1 is 0.783 bits per heavy atom. The molecule has 2 heterocycles. The van der Waals surface area contributed by atoms with E-state index in [1.165, 1.54) is 15.9 Å². The molecule has 2 aromatic rings.